The lowest BCUT2D eigenvalue weighted by Crippen LogP contribution is -2.30. The largest absolute Gasteiger partial charge is 0.433 e. The van der Waals surface area contributed by atoms with E-state index in [1.54, 1.807) is 24.3 Å². The first-order valence-electron chi connectivity index (χ1n) is 7.31. The van der Waals surface area contributed by atoms with Gasteiger partial charge >= 0.3 is 6.18 Å². The van der Waals surface area contributed by atoms with Crippen LogP contribution in [-0.2, 0) is 6.18 Å². The molecule has 3 rings (SSSR count). The molecular formula is C16H16F3N3. The molecule has 0 atom stereocenters. The first-order valence-corrected chi connectivity index (χ1v) is 7.31. The highest BCUT2D eigenvalue weighted by Gasteiger charge is 2.34. The van der Waals surface area contributed by atoms with Crippen LogP contribution in [0.3, 0.4) is 0 Å². The minimum absolute atomic E-state index is 0.121. The van der Waals surface area contributed by atoms with Gasteiger partial charge in [-0.05, 0) is 19.3 Å². The second-order valence-corrected chi connectivity index (χ2v) is 5.35. The summed E-state index contributed by atoms with van der Waals surface area (Å²) in [5.41, 5.74) is -0.297. The van der Waals surface area contributed by atoms with Crippen molar-refractivity contribution in [2.45, 2.75) is 25.4 Å². The van der Waals surface area contributed by atoms with Crippen LogP contribution in [0.1, 0.15) is 25.0 Å². The van der Waals surface area contributed by atoms with Crippen molar-refractivity contribution in [1.29, 1.82) is 0 Å². The van der Waals surface area contributed by atoms with Crippen molar-refractivity contribution in [3.8, 4) is 11.4 Å². The SMILES string of the molecule is FC(F)(F)c1cc(N2CCCCC2)nc(-c2ccccc2)n1. The molecule has 6 heteroatoms. The molecule has 22 heavy (non-hydrogen) atoms. The molecule has 0 unspecified atom stereocenters. The Labute approximate surface area is 126 Å². The van der Waals surface area contributed by atoms with E-state index in [9.17, 15) is 13.2 Å². The second-order valence-electron chi connectivity index (χ2n) is 5.35. The van der Waals surface area contributed by atoms with Crippen LogP contribution in [0.25, 0.3) is 11.4 Å². The summed E-state index contributed by atoms with van der Waals surface area (Å²) in [6, 6.07) is 9.82. The fourth-order valence-electron chi connectivity index (χ4n) is 2.58. The lowest BCUT2D eigenvalue weighted by atomic mass is 10.1. The van der Waals surface area contributed by atoms with Crippen LogP contribution < -0.4 is 4.90 Å². The summed E-state index contributed by atoms with van der Waals surface area (Å²) in [5.74, 6) is 0.483. The molecule has 1 saturated heterocycles. The number of alkyl halides is 3. The van der Waals surface area contributed by atoms with Gasteiger partial charge in [0.25, 0.3) is 0 Å². The minimum Gasteiger partial charge on any atom is -0.356 e. The number of rotatable bonds is 2. The third kappa shape index (κ3) is 3.21. The molecule has 1 aromatic carbocycles. The summed E-state index contributed by atoms with van der Waals surface area (Å²) in [6.45, 7) is 1.48. The van der Waals surface area contributed by atoms with Crippen LogP contribution in [-0.4, -0.2) is 23.1 Å². The number of benzene rings is 1. The van der Waals surface area contributed by atoms with Gasteiger partial charge in [-0.2, -0.15) is 13.2 Å². The van der Waals surface area contributed by atoms with Gasteiger partial charge in [-0.1, -0.05) is 30.3 Å². The Morgan fingerprint density at radius 1 is 0.909 bits per heavy atom. The predicted molar refractivity (Wildman–Crippen MR) is 78.5 cm³/mol. The molecule has 0 amide bonds. The van der Waals surface area contributed by atoms with E-state index in [-0.39, 0.29) is 5.82 Å². The summed E-state index contributed by atoms with van der Waals surface area (Å²) in [4.78, 5) is 9.97. The standard InChI is InChI=1S/C16H16F3N3/c17-16(18,19)13-11-14(22-9-5-2-6-10-22)21-15(20-13)12-7-3-1-4-8-12/h1,3-4,7-8,11H,2,5-6,9-10H2. The molecule has 2 heterocycles. The molecule has 0 saturated carbocycles. The number of piperidine rings is 1. The van der Waals surface area contributed by atoms with E-state index < -0.39 is 11.9 Å². The molecule has 1 aliphatic heterocycles. The second kappa shape index (κ2) is 5.94. The lowest BCUT2D eigenvalue weighted by Gasteiger charge is -2.28. The Balaban J connectivity index is 2.06. The van der Waals surface area contributed by atoms with E-state index in [1.165, 1.54) is 0 Å². The van der Waals surface area contributed by atoms with Crippen LogP contribution in [0.2, 0.25) is 0 Å². The summed E-state index contributed by atoms with van der Waals surface area (Å²) in [6.07, 6.45) is -1.41. The Hall–Kier alpha value is -2.11. The van der Waals surface area contributed by atoms with Gasteiger partial charge in [-0.3, -0.25) is 0 Å². The highest BCUT2D eigenvalue weighted by Crippen LogP contribution is 2.32. The smallest absolute Gasteiger partial charge is 0.356 e. The molecule has 0 bridgehead atoms. The Morgan fingerprint density at radius 3 is 2.23 bits per heavy atom. The quantitative estimate of drug-likeness (QED) is 0.834. The Bertz CT molecular complexity index is 635. The summed E-state index contributed by atoms with van der Waals surface area (Å²) < 4.78 is 39.4. The highest BCUT2D eigenvalue weighted by atomic mass is 19.4. The monoisotopic (exact) mass is 307 g/mol. The van der Waals surface area contributed by atoms with Crippen molar-refractivity contribution >= 4 is 5.82 Å². The van der Waals surface area contributed by atoms with Gasteiger partial charge in [0.1, 0.15) is 5.82 Å². The van der Waals surface area contributed by atoms with E-state index in [1.807, 2.05) is 11.0 Å². The average molecular weight is 307 g/mol. The zero-order valence-corrected chi connectivity index (χ0v) is 12.0. The number of hydrogen-bond donors (Lipinski definition) is 0. The Morgan fingerprint density at radius 2 is 1.59 bits per heavy atom. The molecule has 1 aromatic heterocycles. The Kier molecular flexibility index (Phi) is 4.00. The van der Waals surface area contributed by atoms with Crippen molar-refractivity contribution in [2.24, 2.45) is 0 Å². The number of aromatic nitrogens is 2. The minimum atomic E-state index is -4.48. The summed E-state index contributed by atoms with van der Waals surface area (Å²) in [5, 5.41) is 0. The lowest BCUT2D eigenvalue weighted by molar-refractivity contribution is -0.141. The number of anilines is 1. The van der Waals surface area contributed by atoms with Crippen molar-refractivity contribution in [1.82, 2.24) is 9.97 Å². The fourth-order valence-corrected chi connectivity index (χ4v) is 2.58. The van der Waals surface area contributed by atoms with Crippen molar-refractivity contribution in [3.63, 3.8) is 0 Å². The zero-order chi connectivity index (χ0) is 15.6. The third-order valence-corrected chi connectivity index (χ3v) is 3.72. The molecule has 0 N–H and O–H groups in total. The predicted octanol–water partition coefficient (Wildman–Crippen LogP) is 4.15. The summed E-state index contributed by atoms with van der Waals surface area (Å²) in [7, 11) is 0. The van der Waals surface area contributed by atoms with E-state index >= 15 is 0 Å². The van der Waals surface area contributed by atoms with Gasteiger partial charge in [0.05, 0.1) is 0 Å². The number of hydrogen-bond acceptors (Lipinski definition) is 3. The molecule has 2 aromatic rings. The van der Waals surface area contributed by atoms with Crippen molar-refractivity contribution in [2.75, 3.05) is 18.0 Å². The maximum Gasteiger partial charge on any atom is 0.433 e. The van der Waals surface area contributed by atoms with Crippen molar-refractivity contribution in [3.05, 3.63) is 42.1 Å². The topological polar surface area (TPSA) is 29.0 Å². The molecule has 0 spiro atoms. The van der Waals surface area contributed by atoms with Crippen LogP contribution in [0.4, 0.5) is 19.0 Å². The number of halogens is 3. The van der Waals surface area contributed by atoms with E-state index in [4.69, 9.17) is 0 Å². The van der Waals surface area contributed by atoms with E-state index in [2.05, 4.69) is 9.97 Å². The van der Waals surface area contributed by atoms with Gasteiger partial charge in [-0.25, -0.2) is 9.97 Å². The maximum atomic E-state index is 13.1. The average Bonchev–Trinajstić information content (AvgIpc) is 2.55. The van der Waals surface area contributed by atoms with Gasteiger partial charge in [-0.15, -0.1) is 0 Å². The molecule has 0 aliphatic carbocycles. The molecule has 1 aliphatic rings. The maximum absolute atomic E-state index is 13.1. The zero-order valence-electron chi connectivity index (χ0n) is 12.0. The third-order valence-electron chi connectivity index (χ3n) is 3.72. The van der Waals surface area contributed by atoms with Crippen LogP contribution >= 0.6 is 0 Å². The normalized spacial score (nSPS) is 15.9. The van der Waals surface area contributed by atoms with E-state index in [0.29, 0.717) is 11.4 Å². The van der Waals surface area contributed by atoms with Gasteiger partial charge in [0, 0.05) is 24.7 Å². The number of nitrogens with zero attached hydrogens (tertiary/aromatic N) is 3. The molecule has 1 fully saturated rings. The molecular weight excluding hydrogens is 291 g/mol. The first-order chi connectivity index (χ1) is 10.5. The van der Waals surface area contributed by atoms with E-state index in [0.717, 1.165) is 38.4 Å². The fraction of sp³-hybridized carbons (Fsp3) is 0.375. The van der Waals surface area contributed by atoms with Gasteiger partial charge in [0.2, 0.25) is 0 Å². The molecule has 116 valence electrons. The first kappa shape index (κ1) is 14.8. The van der Waals surface area contributed by atoms with Crippen molar-refractivity contribution < 1.29 is 13.2 Å². The summed E-state index contributed by atoms with van der Waals surface area (Å²) >= 11 is 0. The van der Waals surface area contributed by atoms with Crippen LogP contribution in [0.15, 0.2) is 36.4 Å². The van der Waals surface area contributed by atoms with Gasteiger partial charge < -0.3 is 4.90 Å². The highest BCUT2D eigenvalue weighted by molar-refractivity contribution is 5.58. The molecule has 3 nitrogen and oxygen atoms in total. The van der Waals surface area contributed by atoms with Gasteiger partial charge in [0.15, 0.2) is 11.5 Å². The van der Waals surface area contributed by atoms with Crippen LogP contribution in [0.5, 0.6) is 0 Å². The molecule has 0 radical (unpaired) electrons. The van der Waals surface area contributed by atoms with Crippen LogP contribution in [0, 0.1) is 0 Å².